The Hall–Kier alpha value is -1.53. The predicted octanol–water partition coefficient (Wildman–Crippen LogP) is -3.58. The van der Waals surface area contributed by atoms with E-state index in [2.05, 4.69) is 40.7 Å². The molecule has 11 N–H and O–H groups in total. The number of aliphatic hydroxyl groups is 10. The van der Waals surface area contributed by atoms with Gasteiger partial charge in [0.2, 0.25) is 0 Å². The van der Waals surface area contributed by atoms with E-state index in [1.54, 1.807) is 13.8 Å². The molecule has 0 aromatic carbocycles. The van der Waals surface area contributed by atoms with Crippen molar-refractivity contribution >= 4 is 17.9 Å². The second-order valence-corrected chi connectivity index (χ2v) is 25.8. The standard InChI is InChI=1S/C54H84O23.Na/c1-22(23(2)71-24(3)57)45(68)70-21-54-26-16-49(4,5)43(42(54)65)73-32(54)17-53(9)25(26)10-11-30-50(6)14-13-31(51(7,20-56)29(50)12-15-52(30,53)8)74-48-40(76-46-36(62)33(59)27(58)19-69-46)38(64)39(41(77-48)44(66)67)75-47-37(63)35(61)34(60)28(18-55)72-47;/h10,22-23,26-43,46-48,55-56,58-65H,11-21H2,1-9H3,(H,66,67);/q;+1/t22?,23?,26?,27?,28?,29?,30?,31?,32?,33?,34?,35?,36?,37?,38?,39?,40?,41?,42?,43?,46?,47?,48?,50?,51-,52?,53-,54?;/m1./s1. The van der Waals surface area contributed by atoms with Gasteiger partial charge in [-0.05, 0) is 98.2 Å². The Labute approximate surface area is 476 Å². The molecule has 9 aliphatic rings. The van der Waals surface area contributed by atoms with Gasteiger partial charge in [0.05, 0.1) is 55.6 Å². The van der Waals surface area contributed by atoms with E-state index in [0.717, 1.165) is 0 Å². The number of carbonyl (C=O) groups excluding carboxylic acids is 2. The first-order chi connectivity index (χ1) is 36.0. The zero-order valence-corrected chi connectivity index (χ0v) is 48.5. The summed E-state index contributed by atoms with van der Waals surface area (Å²) in [6.07, 6.45) is -22.8. The second-order valence-electron chi connectivity index (χ2n) is 25.8. The number of aliphatic carboxylic acids is 1. The molecule has 0 aromatic heterocycles. The SMILES string of the molecule is CC(=O)OC(C)C(C)C(=O)OCC12C3C[C@]4(C)C(=CCC5C6(C)CCC(OC7OC(C(=O)O)C(OC8OC(CO)C(O)C(O)C8O)C(O)C7OC7OCC(O)C(O)C7O)[C@](C)(CO)C6CCC54C)C1CC(C)(C)C(O3)C2O.[Na+]. The maximum atomic E-state index is 13.6. The van der Waals surface area contributed by atoms with Crippen LogP contribution < -0.4 is 29.6 Å². The Bertz CT molecular complexity index is 2240. The molecule has 0 spiro atoms. The van der Waals surface area contributed by atoms with Crippen molar-refractivity contribution in [2.75, 3.05) is 26.4 Å². The molecule has 0 radical (unpaired) electrons. The minimum Gasteiger partial charge on any atom is -0.479 e. The Morgan fingerprint density at radius 2 is 1.42 bits per heavy atom. The van der Waals surface area contributed by atoms with Gasteiger partial charge in [0, 0.05) is 12.3 Å². The fourth-order valence-corrected chi connectivity index (χ4v) is 16.5. The number of carboxylic acids is 1. The van der Waals surface area contributed by atoms with E-state index < -0.39 is 181 Å². The van der Waals surface area contributed by atoms with Gasteiger partial charge in [0.1, 0.15) is 73.8 Å². The molecule has 8 fully saturated rings. The number of fused-ring (bicyclic) bond motifs is 7. The van der Waals surface area contributed by atoms with Crippen LogP contribution in [-0.2, 0) is 57.0 Å². The van der Waals surface area contributed by atoms with Crippen LogP contribution in [0.15, 0.2) is 11.6 Å². The van der Waals surface area contributed by atoms with Crippen molar-refractivity contribution < 1.29 is 143 Å². The smallest absolute Gasteiger partial charge is 0.479 e. The van der Waals surface area contributed by atoms with Crippen molar-refractivity contribution in [3.63, 3.8) is 0 Å². The van der Waals surface area contributed by atoms with Crippen LogP contribution in [0.25, 0.3) is 0 Å². The summed E-state index contributed by atoms with van der Waals surface area (Å²) in [6, 6.07) is 0. The number of aliphatic hydroxyl groups excluding tert-OH is 10. The molecule has 9 rings (SSSR count). The first-order valence-electron chi connectivity index (χ1n) is 27.4. The third-order valence-corrected chi connectivity index (χ3v) is 21.3. The van der Waals surface area contributed by atoms with E-state index in [9.17, 15) is 70.6 Å². The van der Waals surface area contributed by atoms with Crippen molar-refractivity contribution in [3.05, 3.63) is 11.6 Å². The van der Waals surface area contributed by atoms with Gasteiger partial charge in [-0.3, -0.25) is 9.59 Å². The van der Waals surface area contributed by atoms with Crippen LogP contribution in [0.2, 0.25) is 0 Å². The number of carbonyl (C=O) groups is 3. The average molecular weight is 1120 g/mol. The average Bonchev–Trinajstić information content (AvgIpc) is 3.34. The van der Waals surface area contributed by atoms with Crippen molar-refractivity contribution in [2.45, 2.75) is 224 Å². The summed E-state index contributed by atoms with van der Waals surface area (Å²) < 4.78 is 54.3. The number of esters is 2. The summed E-state index contributed by atoms with van der Waals surface area (Å²) >= 11 is 0. The van der Waals surface area contributed by atoms with Crippen LogP contribution in [-0.4, -0.2) is 217 Å². The molecule has 0 aromatic rings. The molecule has 4 saturated heterocycles. The molecule has 438 valence electrons. The molecule has 23 nitrogen and oxygen atoms in total. The van der Waals surface area contributed by atoms with Crippen LogP contribution in [0.4, 0.5) is 0 Å². The number of ether oxygens (including phenoxy) is 9. The van der Waals surface area contributed by atoms with Gasteiger partial charge in [0.25, 0.3) is 0 Å². The number of allylic oxidation sites excluding steroid dienone is 2. The van der Waals surface area contributed by atoms with E-state index in [4.69, 9.17) is 42.6 Å². The summed E-state index contributed by atoms with van der Waals surface area (Å²) in [6.45, 7) is 15.8. The maximum Gasteiger partial charge on any atom is 1.00 e. The van der Waals surface area contributed by atoms with Crippen molar-refractivity contribution in [3.8, 4) is 0 Å². The number of hydrogen-bond donors (Lipinski definition) is 11. The first-order valence-corrected chi connectivity index (χ1v) is 27.4. The minimum atomic E-state index is -2.09. The molecule has 24 heteroatoms. The van der Waals surface area contributed by atoms with E-state index >= 15 is 0 Å². The van der Waals surface area contributed by atoms with Gasteiger partial charge in [-0.2, -0.15) is 0 Å². The third kappa shape index (κ3) is 9.81. The molecule has 5 aliphatic carbocycles. The normalized spacial score (nSPS) is 51.0. The molecule has 0 amide bonds. The largest absolute Gasteiger partial charge is 1.00 e. The van der Waals surface area contributed by atoms with Gasteiger partial charge in [-0.1, -0.05) is 53.2 Å². The van der Waals surface area contributed by atoms with Crippen LogP contribution >= 0.6 is 0 Å². The zero-order chi connectivity index (χ0) is 56.4. The van der Waals surface area contributed by atoms with E-state index in [0.29, 0.717) is 44.9 Å². The van der Waals surface area contributed by atoms with Gasteiger partial charge in [-0.15, -0.1) is 0 Å². The Morgan fingerprint density at radius 1 is 0.756 bits per heavy atom. The van der Waals surface area contributed by atoms with Gasteiger partial charge in [-0.25, -0.2) is 4.79 Å². The van der Waals surface area contributed by atoms with Crippen molar-refractivity contribution in [1.29, 1.82) is 0 Å². The zero-order valence-electron chi connectivity index (χ0n) is 46.5. The molecule has 4 heterocycles. The van der Waals surface area contributed by atoms with Crippen LogP contribution in [0.1, 0.15) is 107 Å². The quantitative estimate of drug-likeness (QED) is 0.0347. The maximum absolute atomic E-state index is 13.6. The van der Waals surface area contributed by atoms with Gasteiger partial charge >= 0.3 is 47.5 Å². The van der Waals surface area contributed by atoms with Crippen molar-refractivity contribution in [2.24, 2.45) is 56.2 Å². The molecule has 78 heavy (non-hydrogen) atoms. The first kappa shape index (κ1) is 62.5. The molecule has 4 saturated carbocycles. The monoisotopic (exact) mass is 1120 g/mol. The molecule has 26 unspecified atom stereocenters. The Kier molecular flexibility index (Phi) is 18.0. The molecule has 28 atom stereocenters. The number of rotatable bonds is 14. The summed E-state index contributed by atoms with van der Waals surface area (Å²) in [5.74, 6) is -3.82. The topological polar surface area (TPSA) is 357 Å². The Morgan fingerprint density at radius 3 is 2.06 bits per heavy atom. The fraction of sp³-hybridized carbons (Fsp3) is 0.907. The summed E-state index contributed by atoms with van der Waals surface area (Å²) in [5.41, 5.74) is -2.40. The molecule has 4 aliphatic heterocycles. The van der Waals surface area contributed by atoms with E-state index in [-0.39, 0.29) is 65.9 Å². The molecule has 2 bridgehead atoms. The van der Waals surface area contributed by atoms with Crippen LogP contribution in [0, 0.1) is 56.2 Å². The number of carboxylic acid groups (broad SMARTS) is 1. The van der Waals surface area contributed by atoms with Crippen LogP contribution in [0.5, 0.6) is 0 Å². The van der Waals surface area contributed by atoms with Gasteiger partial charge < -0.3 is 98.8 Å². The summed E-state index contributed by atoms with van der Waals surface area (Å²) in [7, 11) is 0. The fourth-order valence-electron chi connectivity index (χ4n) is 16.5. The van der Waals surface area contributed by atoms with E-state index in [1.165, 1.54) is 12.5 Å². The van der Waals surface area contributed by atoms with E-state index in [1.807, 2.05) is 6.92 Å². The molecular formula is C54H84NaO23+. The second kappa shape index (κ2) is 22.5. The molecular weight excluding hydrogens is 1040 g/mol. The summed E-state index contributed by atoms with van der Waals surface area (Å²) in [5, 5.41) is 120. The summed E-state index contributed by atoms with van der Waals surface area (Å²) in [4.78, 5) is 38.4. The third-order valence-electron chi connectivity index (χ3n) is 21.3. The minimum absolute atomic E-state index is 0. The van der Waals surface area contributed by atoms with Crippen molar-refractivity contribution in [1.82, 2.24) is 0 Å². The Balaban J connectivity index is 0.00000803. The van der Waals surface area contributed by atoms with Gasteiger partial charge in [0.15, 0.2) is 25.0 Å². The van der Waals surface area contributed by atoms with Crippen LogP contribution in [0.3, 0.4) is 0 Å². The number of hydrogen-bond acceptors (Lipinski definition) is 22. The predicted molar refractivity (Wildman–Crippen MR) is 261 cm³/mol.